The second-order valence-corrected chi connectivity index (χ2v) is 10.2. The lowest BCUT2D eigenvalue weighted by Crippen LogP contribution is -2.23. The molecule has 0 saturated carbocycles. The SMILES string of the molecule is C=CCn1c(SCC(=O)Nc2cc(C(=O)OCC)cc(C(=O)OCC)c2)nc2scc(-c3ccc(C)o3)c2c1=O. The third-order valence-electron chi connectivity index (χ3n) is 5.55. The lowest BCUT2D eigenvalue weighted by molar-refractivity contribution is -0.113. The molecule has 0 unspecified atom stereocenters. The molecule has 0 fully saturated rings. The highest BCUT2D eigenvalue weighted by molar-refractivity contribution is 7.99. The van der Waals surface area contributed by atoms with Crippen molar-refractivity contribution in [2.45, 2.75) is 32.5 Å². The number of benzene rings is 1. The van der Waals surface area contributed by atoms with Crippen molar-refractivity contribution in [3.05, 3.63) is 75.6 Å². The maximum atomic E-state index is 13.5. The summed E-state index contributed by atoms with van der Waals surface area (Å²) in [7, 11) is 0. The predicted molar refractivity (Wildman–Crippen MR) is 154 cm³/mol. The van der Waals surface area contributed by atoms with Crippen LogP contribution < -0.4 is 10.9 Å². The molecule has 0 radical (unpaired) electrons. The molecule has 12 heteroatoms. The number of fused-ring (bicyclic) bond motifs is 1. The largest absolute Gasteiger partial charge is 0.462 e. The number of nitrogens with one attached hydrogen (secondary N) is 1. The van der Waals surface area contributed by atoms with Crippen LogP contribution in [0.15, 0.2) is 62.7 Å². The summed E-state index contributed by atoms with van der Waals surface area (Å²) in [5.74, 6) is -0.482. The average molecular weight is 582 g/mol. The number of nitrogens with zero attached hydrogens (tertiary/aromatic N) is 2. The summed E-state index contributed by atoms with van der Waals surface area (Å²) in [6.45, 7) is 9.40. The second kappa shape index (κ2) is 12.8. The minimum Gasteiger partial charge on any atom is -0.462 e. The van der Waals surface area contributed by atoms with Crippen LogP contribution in [0.25, 0.3) is 21.5 Å². The lowest BCUT2D eigenvalue weighted by atomic mass is 10.1. The monoisotopic (exact) mass is 581 g/mol. The molecule has 0 spiro atoms. The highest BCUT2D eigenvalue weighted by Gasteiger charge is 2.20. The van der Waals surface area contributed by atoms with Crippen LogP contribution in [0.3, 0.4) is 0 Å². The maximum absolute atomic E-state index is 13.5. The number of furan rings is 1. The molecule has 1 aromatic carbocycles. The van der Waals surface area contributed by atoms with E-state index in [9.17, 15) is 19.2 Å². The van der Waals surface area contributed by atoms with E-state index in [1.54, 1.807) is 19.9 Å². The number of allylic oxidation sites excluding steroid dienone is 1. The van der Waals surface area contributed by atoms with E-state index >= 15 is 0 Å². The molecule has 3 heterocycles. The van der Waals surface area contributed by atoms with Crippen molar-refractivity contribution in [2.24, 2.45) is 0 Å². The first-order valence-corrected chi connectivity index (χ1v) is 14.2. The van der Waals surface area contributed by atoms with Gasteiger partial charge < -0.3 is 19.2 Å². The summed E-state index contributed by atoms with van der Waals surface area (Å²) in [6, 6.07) is 7.84. The summed E-state index contributed by atoms with van der Waals surface area (Å²) >= 11 is 2.40. The van der Waals surface area contributed by atoms with Crippen molar-refractivity contribution >= 4 is 56.8 Å². The van der Waals surface area contributed by atoms with Crippen molar-refractivity contribution in [1.29, 1.82) is 0 Å². The molecule has 0 saturated heterocycles. The number of esters is 2. The van der Waals surface area contributed by atoms with Gasteiger partial charge in [-0.25, -0.2) is 14.6 Å². The van der Waals surface area contributed by atoms with Gasteiger partial charge in [0.05, 0.1) is 35.5 Å². The normalized spacial score (nSPS) is 10.9. The van der Waals surface area contributed by atoms with Crippen LogP contribution in [0.1, 0.15) is 40.3 Å². The summed E-state index contributed by atoms with van der Waals surface area (Å²) < 4.78 is 17.3. The fourth-order valence-electron chi connectivity index (χ4n) is 3.86. The van der Waals surface area contributed by atoms with Crippen molar-refractivity contribution in [3.63, 3.8) is 0 Å². The van der Waals surface area contributed by atoms with E-state index in [0.29, 0.717) is 26.7 Å². The Morgan fingerprint density at radius 2 is 1.80 bits per heavy atom. The number of carbonyl (C=O) groups is 3. The summed E-state index contributed by atoms with van der Waals surface area (Å²) in [6.07, 6.45) is 1.58. The Kier molecular flexibility index (Phi) is 9.22. The van der Waals surface area contributed by atoms with Gasteiger partial charge >= 0.3 is 11.9 Å². The van der Waals surface area contributed by atoms with Crippen LogP contribution >= 0.6 is 23.1 Å². The predicted octanol–water partition coefficient (Wildman–Crippen LogP) is 5.30. The van der Waals surface area contributed by atoms with Crippen LogP contribution in [-0.4, -0.2) is 46.4 Å². The number of hydrogen-bond acceptors (Lipinski definition) is 10. The molecular weight excluding hydrogens is 554 g/mol. The van der Waals surface area contributed by atoms with Gasteiger partial charge in [0, 0.05) is 23.2 Å². The number of anilines is 1. The van der Waals surface area contributed by atoms with Gasteiger partial charge in [-0.1, -0.05) is 17.8 Å². The van der Waals surface area contributed by atoms with Gasteiger partial charge in [-0.15, -0.1) is 17.9 Å². The molecule has 10 nitrogen and oxygen atoms in total. The van der Waals surface area contributed by atoms with Gasteiger partial charge in [-0.2, -0.15) is 0 Å². The summed E-state index contributed by atoms with van der Waals surface area (Å²) in [4.78, 5) is 56.2. The van der Waals surface area contributed by atoms with E-state index in [2.05, 4.69) is 16.9 Å². The fourth-order valence-corrected chi connectivity index (χ4v) is 5.64. The number of hydrogen-bond donors (Lipinski definition) is 1. The number of ether oxygens (including phenoxy) is 2. The zero-order chi connectivity index (χ0) is 28.8. The molecule has 1 N–H and O–H groups in total. The molecule has 208 valence electrons. The van der Waals surface area contributed by atoms with Gasteiger partial charge in [-0.05, 0) is 51.1 Å². The topological polar surface area (TPSA) is 130 Å². The van der Waals surface area contributed by atoms with Gasteiger partial charge in [-0.3, -0.25) is 14.2 Å². The quantitative estimate of drug-likeness (QED) is 0.109. The van der Waals surface area contributed by atoms with E-state index in [1.807, 2.05) is 24.4 Å². The van der Waals surface area contributed by atoms with Crippen molar-refractivity contribution in [3.8, 4) is 11.3 Å². The van der Waals surface area contributed by atoms with Crippen LogP contribution in [0.4, 0.5) is 5.69 Å². The van der Waals surface area contributed by atoms with Gasteiger partial charge in [0.2, 0.25) is 5.91 Å². The van der Waals surface area contributed by atoms with Crippen molar-refractivity contribution in [2.75, 3.05) is 24.3 Å². The highest BCUT2D eigenvalue weighted by Crippen LogP contribution is 2.33. The number of aromatic nitrogens is 2. The van der Waals surface area contributed by atoms with Crippen molar-refractivity contribution in [1.82, 2.24) is 9.55 Å². The zero-order valence-electron chi connectivity index (χ0n) is 22.1. The first-order valence-electron chi connectivity index (χ1n) is 12.4. The Morgan fingerprint density at radius 1 is 1.12 bits per heavy atom. The number of carbonyl (C=O) groups excluding carboxylic acids is 3. The van der Waals surface area contributed by atoms with Crippen LogP contribution in [0.2, 0.25) is 0 Å². The van der Waals surface area contributed by atoms with E-state index in [-0.39, 0.29) is 47.9 Å². The van der Waals surface area contributed by atoms with E-state index in [4.69, 9.17) is 13.9 Å². The number of thioether (sulfide) groups is 1. The molecule has 0 aliphatic heterocycles. The molecule has 40 heavy (non-hydrogen) atoms. The molecule has 3 aromatic heterocycles. The summed E-state index contributed by atoms with van der Waals surface area (Å²) in [5, 5.41) is 5.32. The van der Waals surface area contributed by atoms with E-state index in [1.165, 1.54) is 34.1 Å². The molecule has 0 atom stereocenters. The zero-order valence-corrected chi connectivity index (χ0v) is 23.8. The van der Waals surface area contributed by atoms with E-state index < -0.39 is 17.8 Å². The molecule has 4 rings (SSSR count). The van der Waals surface area contributed by atoms with E-state index in [0.717, 1.165) is 17.5 Å². The number of thiophene rings is 1. The molecule has 0 bridgehead atoms. The van der Waals surface area contributed by atoms with Crippen LogP contribution in [0.5, 0.6) is 0 Å². The minimum absolute atomic E-state index is 0.0942. The first kappa shape index (κ1) is 28.8. The first-order chi connectivity index (χ1) is 19.2. The maximum Gasteiger partial charge on any atom is 0.338 e. The Labute approximate surface area is 238 Å². The third kappa shape index (κ3) is 6.35. The standard InChI is InChI=1S/C28H27N3O7S2/c1-5-10-31-25(33)23-20(21-9-8-16(4)38-21)14-39-24(23)30-28(31)40-15-22(32)29-19-12-17(26(34)36-6-2)11-18(13-19)27(35)37-7-3/h5,8-9,11-14H,1,6-7,10,15H2,2-4H3,(H,29,32). The number of rotatable bonds is 11. The second-order valence-electron chi connectivity index (χ2n) is 8.42. The smallest absolute Gasteiger partial charge is 0.338 e. The van der Waals surface area contributed by atoms with Crippen LogP contribution in [0, 0.1) is 6.92 Å². The number of aryl methyl sites for hydroxylation is 1. The van der Waals surface area contributed by atoms with Gasteiger partial charge in [0.15, 0.2) is 5.16 Å². The minimum atomic E-state index is -0.635. The van der Waals surface area contributed by atoms with Gasteiger partial charge in [0.1, 0.15) is 16.4 Å². The van der Waals surface area contributed by atoms with Gasteiger partial charge in [0.25, 0.3) is 5.56 Å². The Hall–Kier alpha value is -4.16. The molecular formula is C28H27N3O7S2. The van der Waals surface area contributed by atoms with Crippen LogP contribution in [-0.2, 0) is 20.8 Å². The summed E-state index contributed by atoms with van der Waals surface area (Å²) in [5.41, 5.74) is 0.823. The Balaban J connectivity index is 1.58. The Bertz CT molecular complexity index is 1620. The third-order valence-corrected chi connectivity index (χ3v) is 7.40. The highest BCUT2D eigenvalue weighted by atomic mass is 32.2. The lowest BCUT2D eigenvalue weighted by Gasteiger charge is -2.12. The molecule has 0 aliphatic rings. The molecule has 1 amide bonds. The van der Waals surface area contributed by atoms with Crippen molar-refractivity contribution < 1.29 is 28.3 Å². The average Bonchev–Trinajstić information content (AvgIpc) is 3.55. The molecule has 4 aromatic rings. The molecule has 0 aliphatic carbocycles. The fraction of sp³-hybridized carbons (Fsp3) is 0.250. The Morgan fingerprint density at radius 3 is 2.38 bits per heavy atom. The number of amides is 1.